The second-order valence-corrected chi connectivity index (χ2v) is 7.01. The summed E-state index contributed by atoms with van der Waals surface area (Å²) in [5.41, 5.74) is 2.87. The number of amides is 1. The van der Waals surface area contributed by atoms with E-state index in [1.54, 1.807) is 24.3 Å². The van der Waals surface area contributed by atoms with E-state index >= 15 is 0 Å². The van der Waals surface area contributed by atoms with E-state index in [-0.39, 0.29) is 6.03 Å². The average Bonchev–Trinajstić information content (AvgIpc) is 3.12. The molecule has 0 saturated heterocycles. The van der Waals surface area contributed by atoms with Crippen LogP contribution in [0.25, 0.3) is 22.5 Å². The highest BCUT2D eigenvalue weighted by atomic mass is 35.5. The maximum absolute atomic E-state index is 12.4. The Morgan fingerprint density at radius 3 is 1.81 bits per heavy atom. The van der Waals surface area contributed by atoms with Crippen molar-refractivity contribution in [1.82, 2.24) is 20.3 Å². The van der Waals surface area contributed by atoms with Gasteiger partial charge >= 0.3 is 6.03 Å². The monoisotopic (exact) mass is 402 g/mol. The van der Waals surface area contributed by atoms with Gasteiger partial charge in [0.15, 0.2) is 0 Å². The predicted molar refractivity (Wildman–Crippen MR) is 109 cm³/mol. The minimum absolute atomic E-state index is 0.346. The molecule has 3 rings (SSSR count). The number of nitrogens with one attached hydrogen (secondary N) is 1. The SMILES string of the molecule is CCCCCNC(=O)n1nc(-c2ccc(Cl)cc2)c(-c2ccc(Cl)cc2)n1. The molecule has 0 saturated carbocycles. The van der Waals surface area contributed by atoms with Crippen LogP contribution in [0, 0.1) is 0 Å². The van der Waals surface area contributed by atoms with E-state index in [4.69, 9.17) is 23.2 Å². The van der Waals surface area contributed by atoms with Gasteiger partial charge in [-0.2, -0.15) is 0 Å². The summed E-state index contributed by atoms with van der Waals surface area (Å²) in [5.74, 6) is 0. The van der Waals surface area contributed by atoms with Crippen LogP contribution < -0.4 is 5.32 Å². The highest BCUT2D eigenvalue weighted by Gasteiger charge is 2.18. The third-order valence-electron chi connectivity index (χ3n) is 4.09. The summed E-state index contributed by atoms with van der Waals surface area (Å²) in [5, 5.41) is 13.0. The smallest absolute Gasteiger partial charge is 0.335 e. The standard InChI is InChI=1S/C20H20Cl2N4O/c1-2-3-4-13-23-20(27)26-24-18(14-5-9-16(21)10-6-14)19(25-26)15-7-11-17(22)12-8-15/h5-12H,2-4,13H2,1H3,(H,23,27). The average molecular weight is 403 g/mol. The Labute approximate surface area is 168 Å². The fourth-order valence-electron chi connectivity index (χ4n) is 2.64. The van der Waals surface area contributed by atoms with Gasteiger partial charge in [-0.05, 0) is 30.7 Å². The molecule has 3 aromatic rings. The van der Waals surface area contributed by atoms with Crippen molar-refractivity contribution in [3.8, 4) is 22.5 Å². The second-order valence-electron chi connectivity index (χ2n) is 6.14. The summed E-state index contributed by atoms with van der Waals surface area (Å²) in [6.45, 7) is 2.72. The molecule has 1 heterocycles. The minimum atomic E-state index is -0.346. The van der Waals surface area contributed by atoms with Gasteiger partial charge in [-0.15, -0.1) is 10.2 Å². The maximum atomic E-state index is 12.4. The molecule has 0 spiro atoms. The summed E-state index contributed by atoms with van der Waals surface area (Å²) in [6, 6.07) is 14.2. The van der Waals surface area contributed by atoms with Crippen LogP contribution in [0.5, 0.6) is 0 Å². The number of benzene rings is 2. The van der Waals surface area contributed by atoms with Crippen molar-refractivity contribution in [2.75, 3.05) is 6.54 Å². The van der Waals surface area contributed by atoms with E-state index in [0.29, 0.717) is 28.0 Å². The molecule has 0 fully saturated rings. The molecule has 1 aromatic heterocycles. The van der Waals surface area contributed by atoms with Gasteiger partial charge < -0.3 is 5.32 Å². The number of carbonyl (C=O) groups excluding carboxylic acids is 1. The second kappa shape index (κ2) is 9.02. The Balaban J connectivity index is 1.94. The molecule has 0 aliphatic heterocycles. The van der Waals surface area contributed by atoms with Crippen LogP contribution in [-0.2, 0) is 0 Å². The Morgan fingerprint density at radius 2 is 1.37 bits per heavy atom. The van der Waals surface area contributed by atoms with Crippen LogP contribution in [0.3, 0.4) is 0 Å². The molecule has 0 bridgehead atoms. The Bertz CT molecular complexity index is 842. The van der Waals surface area contributed by atoms with Crippen LogP contribution >= 0.6 is 23.2 Å². The highest BCUT2D eigenvalue weighted by Crippen LogP contribution is 2.30. The van der Waals surface area contributed by atoms with Gasteiger partial charge in [-0.3, -0.25) is 0 Å². The van der Waals surface area contributed by atoms with Crippen molar-refractivity contribution >= 4 is 29.2 Å². The van der Waals surface area contributed by atoms with Crippen molar-refractivity contribution in [3.63, 3.8) is 0 Å². The number of hydrogen-bond acceptors (Lipinski definition) is 3. The number of nitrogens with zero attached hydrogens (tertiary/aromatic N) is 3. The lowest BCUT2D eigenvalue weighted by Crippen LogP contribution is -2.31. The molecule has 0 radical (unpaired) electrons. The zero-order chi connectivity index (χ0) is 19.2. The third-order valence-corrected chi connectivity index (χ3v) is 4.59. The predicted octanol–water partition coefficient (Wildman–Crippen LogP) is 5.67. The molecule has 0 aliphatic rings. The number of hydrogen-bond donors (Lipinski definition) is 1. The van der Waals surface area contributed by atoms with Crippen LogP contribution in [0.15, 0.2) is 48.5 Å². The van der Waals surface area contributed by atoms with E-state index < -0.39 is 0 Å². The normalized spacial score (nSPS) is 10.8. The van der Waals surface area contributed by atoms with Gasteiger partial charge in [0.1, 0.15) is 11.4 Å². The number of aromatic nitrogens is 3. The van der Waals surface area contributed by atoms with Crippen molar-refractivity contribution in [3.05, 3.63) is 58.6 Å². The minimum Gasteiger partial charge on any atom is -0.335 e. The van der Waals surface area contributed by atoms with Crippen LogP contribution in [0.1, 0.15) is 26.2 Å². The molecule has 1 amide bonds. The Hall–Kier alpha value is -2.37. The van der Waals surface area contributed by atoms with Gasteiger partial charge in [-0.25, -0.2) is 4.79 Å². The summed E-state index contributed by atoms with van der Waals surface area (Å²) in [7, 11) is 0. The largest absolute Gasteiger partial charge is 0.359 e. The first-order chi connectivity index (χ1) is 13.1. The van der Waals surface area contributed by atoms with Gasteiger partial charge in [0, 0.05) is 27.7 Å². The molecule has 1 N–H and O–H groups in total. The highest BCUT2D eigenvalue weighted by molar-refractivity contribution is 6.31. The lowest BCUT2D eigenvalue weighted by Gasteiger charge is -2.02. The molecule has 140 valence electrons. The number of halogens is 2. The van der Waals surface area contributed by atoms with Gasteiger partial charge in [0.2, 0.25) is 0 Å². The van der Waals surface area contributed by atoms with E-state index in [1.165, 1.54) is 0 Å². The Morgan fingerprint density at radius 1 is 0.889 bits per heavy atom. The molecule has 0 atom stereocenters. The third kappa shape index (κ3) is 4.87. The maximum Gasteiger partial charge on any atom is 0.359 e. The van der Waals surface area contributed by atoms with E-state index in [2.05, 4.69) is 22.4 Å². The first-order valence-corrected chi connectivity index (χ1v) is 9.61. The zero-order valence-electron chi connectivity index (χ0n) is 15.0. The topological polar surface area (TPSA) is 59.8 Å². The van der Waals surface area contributed by atoms with Crippen molar-refractivity contribution in [1.29, 1.82) is 0 Å². The first kappa shape index (κ1) is 19.4. The van der Waals surface area contributed by atoms with Crippen molar-refractivity contribution < 1.29 is 4.79 Å². The Kier molecular flexibility index (Phi) is 6.48. The van der Waals surface area contributed by atoms with Crippen LogP contribution in [-0.4, -0.2) is 27.6 Å². The molecule has 2 aromatic carbocycles. The van der Waals surface area contributed by atoms with Gasteiger partial charge in [-0.1, -0.05) is 72.0 Å². The molecule has 0 aliphatic carbocycles. The first-order valence-electron chi connectivity index (χ1n) is 8.86. The molecular weight excluding hydrogens is 383 g/mol. The van der Waals surface area contributed by atoms with E-state index in [1.807, 2.05) is 24.3 Å². The van der Waals surface area contributed by atoms with Crippen molar-refractivity contribution in [2.45, 2.75) is 26.2 Å². The van der Waals surface area contributed by atoms with Gasteiger partial charge in [0.25, 0.3) is 0 Å². The fourth-order valence-corrected chi connectivity index (χ4v) is 2.89. The quantitative estimate of drug-likeness (QED) is 0.540. The molecule has 5 nitrogen and oxygen atoms in total. The lowest BCUT2D eigenvalue weighted by molar-refractivity contribution is 0.236. The van der Waals surface area contributed by atoms with E-state index in [0.717, 1.165) is 35.2 Å². The van der Waals surface area contributed by atoms with Crippen LogP contribution in [0.2, 0.25) is 10.0 Å². The molecule has 0 unspecified atom stereocenters. The number of unbranched alkanes of at least 4 members (excludes halogenated alkanes) is 2. The molecule has 7 heteroatoms. The molecule has 27 heavy (non-hydrogen) atoms. The van der Waals surface area contributed by atoms with Crippen LogP contribution in [0.4, 0.5) is 4.79 Å². The molecular formula is C20H20Cl2N4O. The summed E-state index contributed by atoms with van der Waals surface area (Å²) in [6.07, 6.45) is 3.09. The summed E-state index contributed by atoms with van der Waals surface area (Å²) < 4.78 is 0. The van der Waals surface area contributed by atoms with E-state index in [9.17, 15) is 4.79 Å². The number of carbonyl (C=O) groups is 1. The number of rotatable bonds is 6. The lowest BCUT2D eigenvalue weighted by atomic mass is 10.1. The summed E-state index contributed by atoms with van der Waals surface area (Å²) >= 11 is 12.0. The summed E-state index contributed by atoms with van der Waals surface area (Å²) in [4.78, 5) is 13.5. The zero-order valence-corrected chi connectivity index (χ0v) is 16.5. The van der Waals surface area contributed by atoms with Gasteiger partial charge in [0.05, 0.1) is 0 Å². The fraction of sp³-hybridized carbons (Fsp3) is 0.250. The van der Waals surface area contributed by atoms with Crippen molar-refractivity contribution in [2.24, 2.45) is 0 Å².